The molecular weight excluding hydrogens is 265 g/mol. The van der Waals surface area contributed by atoms with E-state index in [1.807, 2.05) is 6.07 Å². The van der Waals surface area contributed by atoms with Gasteiger partial charge in [0.05, 0.1) is 0 Å². The molecule has 1 heterocycles. The van der Waals surface area contributed by atoms with E-state index in [0.717, 1.165) is 9.86 Å². The molecule has 2 rings (SSSR count). The minimum absolute atomic E-state index is 0.0364. The quantitative estimate of drug-likeness (QED) is 0.723. The average molecular weight is 273 g/mol. The van der Waals surface area contributed by atoms with Gasteiger partial charge >= 0.3 is 0 Å². The maximum absolute atomic E-state index is 11.7. The predicted molar refractivity (Wildman–Crippen MR) is 61.9 cm³/mol. The minimum atomic E-state index is -0.0364. The van der Waals surface area contributed by atoms with Gasteiger partial charge in [0.1, 0.15) is 0 Å². The Morgan fingerprint density at radius 1 is 1.36 bits per heavy atom. The number of benzene rings is 1. The molecule has 0 spiro atoms. The van der Waals surface area contributed by atoms with Gasteiger partial charge in [0.25, 0.3) is 5.56 Å². The van der Waals surface area contributed by atoms with Crippen molar-refractivity contribution in [1.29, 1.82) is 0 Å². The van der Waals surface area contributed by atoms with Gasteiger partial charge in [0.15, 0.2) is 0 Å². The maximum atomic E-state index is 11.7. The molecule has 0 saturated carbocycles. The molecule has 14 heavy (non-hydrogen) atoms. The zero-order valence-corrected chi connectivity index (χ0v) is 9.76. The zero-order chi connectivity index (χ0) is 10.3. The van der Waals surface area contributed by atoms with E-state index in [-0.39, 0.29) is 5.56 Å². The fraction of sp³-hybridized carbons (Fsp3) is 0.100. The van der Waals surface area contributed by atoms with Crippen LogP contribution in [0, 0.1) is 0 Å². The van der Waals surface area contributed by atoms with Crippen molar-refractivity contribution in [3.8, 4) is 0 Å². The van der Waals surface area contributed by atoms with Gasteiger partial charge in [0.2, 0.25) is 0 Å². The van der Waals surface area contributed by atoms with E-state index in [1.54, 1.807) is 25.4 Å². The zero-order valence-electron chi connectivity index (χ0n) is 7.42. The topological polar surface area (TPSA) is 22.0 Å². The summed E-state index contributed by atoms with van der Waals surface area (Å²) in [5.74, 6) is 0. The molecule has 0 fully saturated rings. The summed E-state index contributed by atoms with van der Waals surface area (Å²) in [4.78, 5) is 11.7. The number of hydrogen-bond acceptors (Lipinski definition) is 1. The average Bonchev–Trinajstić information content (AvgIpc) is 2.14. The molecule has 0 aliphatic carbocycles. The smallest absolute Gasteiger partial charge is 0.258 e. The minimum Gasteiger partial charge on any atom is -0.317 e. The van der Waals surface area contributed by atoms with E-state index in [1.165, 1.54) is 4.57 Å². The molecular formula is C10H7BrClNO. The van der Waals surface area contributed by atoms with Crippen LogP contribution in [0.5, 0.6) is 0 Å². The van der Waals surface area contributed by atoms with Gasteiger partial charge in [-0.2, -0.15) is 0 Å². The van der Waals surface area contributed by atoms with Crippen LogP contribution in [-0.4, -0.2) is 4.57 Å². The second kappa shape index (κ2) is 3.41. The molecule has 4 heteroatoms. The van der Waals surface area contributed by atoms with Crippen LogP contribution in [0.25, 0.3) is 10.8 Å². The highest BCUT2D eigenvalue weighted by molar-refractivity contribution is 9.10. The molecule has 72 valence electrons. The summed E-state index contributed by atoms with van der Waals surface area (Å²) >= 11 is 9.24. The number of pyridine rings is 1. The summed E-state index contributed by atoms with van der Waals surface area (Å²) in [6, 6.07) is 5.29. The molecule has 2 aromatic rings. The maximum Gasteiger partial charge on any atom is 0.258 e. The molecule has 1 aromatic carbocycles. The molecule has 0 atom stereocenters. The molecule has 0 saturated heterocycles. The standard InChI is InChI=1S/C10H7BrClNO/c1-13-5-9(11)7-3-2-6(12)4-8(7)10(13)14/h2-5H,1H3. The summed E-state index contributed by atoms with van der Waals surface area (Å²) in [6.07, 6.45) is 1.75. The first-order valence-corrected chi connectivity index (χ1v) is 5.21. The Hall–Kier alpha value is -0.800. The lowest BCUT2D eigenvalue weighted by atomic mass is 10.2. The van der Waals surface area contributed by atoms with Gasteiger partial charge in [-0.1, -0.05) is 17.7 Å². The van der Waals surface area contributed by atoms with Crippen LogP contribution < -0.4 is 5.56 Å². The first-order chi connectivity index (χ1) is 6.59. The summed E-state index contributed by atoms with van der Waals surface area (Å²) in [6.45, 7) is 0. The molecule has 0 amide bonds. The molecule has 0 N–H and O–H groups in total. The molecule has 2 nitrogen and oxygen atoms in total. The highest BCUT2D eigenvalue weighted by Crippen LogP contribution is 2.23. The van der Waals surface area contributed by atoms with Crippen LogP contribution in [0.1, 0.15) is 0 Å². The molecule has 0 aliphatic rings. The van der Waals surface area contributed by atoms with Crippen molar-refractivity contribution >= 4 is 38.3 Å². The van der Waals surface area contributed by atoms with Gasteiger partial charge < -0.3 is 4.57 Å². The molecule has 1 aromatic heterocycles. The van der Waals surface area contributed by atoms with E-state index in [0.29, 0.717) is 10.4 Å². The second-order valence-corrected chi connectivity index (χ2v) is 4.37. The van der Waals surface area contributed by atoms with Gasteiger partial charge in [-0.25, -0.2) is 0 Å². The Morgan fingerprint density at radius 3 is 2.79 bits per heavy atom. The van der Waals surface area contributed by atoms with Crippen molar-refractivity contribution < 1.29 is 0 Å². The van der Waals surface area contributed by atoms with Crippen molar-refractivity contribution in [3.05, 3.63) is 44.2 Å². The number of aromatic nitrogens is 1. The Kier molecular flexibility index (Phi) is 2.37. The lowest BCUT2D eigenvalue weighted by Crippen LogP contribution is -2.15. The van der Waals surface area contributed by atoms with Crippen LogP contribution in [0.4, 0.5) is 0 Å². The lowest BCUT2D eigenvalue weighted by molar-refractivity contribution is 0.869. The molecule has 0 aliphatic heterocycles. The number of nitrogens with zero attached hydrogens (tertiary/aromatic N) is 1. The largest absolute Gasteiger partial charge is 0.317 e. The Bertz CT molecular complexity index is 562. The summed E-state index contributed by atoms with van der Waals surface area (Å²) in [5, 5.41) is 2.10. The Labute approximate surface area is 94.2 Å². The lowest BCUT2D eigenvalue weighted by Gasteiger charge is -2.04. The highest BCUT2D eigenvalue weighted by atomic mass is 79.9. The van der Waals surface area contributed by atoms with Crippen LogP contribution in [-0.2, 0) is 7.05 Å². The van der Waals surface area contributed by atoms with E-state index < -0.39 is 0 Å². The number of fused-ring (bicyclic) bond motifs is 1. The van der Waals surface area contributed by atoms with Crippen molar-refractivity contribution in [2.24, 2.45) is 7.05 Å². The van der Waals surface area contributed by atoms with Crippen LogP contribution >= 0.6 is 27.5 Å². The van der Waals surface area contributed by atoms with Gasteiger partial charge in [-0.3, -0.25) is 4.79 Å². The molecule has 0 unspecified atom stereocenters. The van der Waals surface area contributed by atoms with Crippen molar-refractivity contribution in [1.82, 2.24) is 4.57 Å². The van der Waals surface area contributed by atoms with Crippen LogP contribution in [0.3, 0.4) is 0 Å². The summed E-state index contributed by atoms with van der Waals surface area (Å²) in [7, 11) is 1.72. The van der Waals surface area contributed by atoms with Crippen LogP contribution in [0.2, 0.25) is 5.02 Å². The normalized spacial score (nSPS) is 10.8. The van der Waals surface area contributed by atoms with Crippen LogP contribution in [0.15, 0.2) is 33.7 Å². The van der Waals surface area contributed by atoms with Gasteiger partial charge in [-0.05, 0) is 28.1 Å². The monoisotopic (exact) mass is 271 g/mol. The van der Waals surface area contributed by atoms with E-state index >= 15 is 0 Å². The third-order valence-corrected chi connectivity index (χ3v) is 2.96. The van der Waals surface area contributed by atoms with E-state index in [4.69, 9.17) is 11.6 Å². The Balaban J connectivity index is 3.03. The number of aryl methyl sites for hydroxylation is 1. The second-order valence-electron chi connectivity index (χ2n) is 3.08. The highest BCUT2D eigenvalue weighted by Gasteiger charge is 2.04. The summed E-state index contributed by atoms with van der Waals surface area (Å²) < 4.78 is 2.43. The van der Waals surface area contributed by atoms with E-state index in [9.17, 15) is 4.79 Å². The van der Waals surface area contributed by atoms with E-state index in [2.05, 4.69) is 15.9 Å². The van der Waals surface area contributed by atoms with Gasteiger partial charge in [0, 0.05) is 33.5 Å². The number of rotatable bonds is 0. The number of halogens is 2. The van der Waals surface area contributed by atoms with Crippen molar-refractivity contribution in [3.63, 3.8) is 0 Å². The van der Waals surface area contributed by atoms with Crippen molar-refractivity contribution in [2.45, 2.75) is 0 Å². The SMILES string of the molecule is Cn1cc(Br)c2ccc(Cl)cc2c1=O. The fourth-order valence-corrected chi connectivity index (χ4v) is 2.21. The third kappa shape index (κ3) is 1.47. The molecule has 0 bridgehead atoms. The molecule has 0 radical (unpaired) electrons. The van der Waals surface area contributed by atoms with Crippen molar-refractivity contribution in [2.75, 3.05) is 0 Å². The first-order valence-electron chi connectivity index (χ1n) is 4.04. The fourth-order valence-electron chi connectivity index (χ4n) is 1.39. The predicted octanol–water partition coefficient (Wildman–Crippen LogP) is 2.95. The summed E-state index contributed by atoms with van der Waals surface area (Å²) in [5.41, 5.74) is -0.0364. The van der Waals surface area contributed by atoms with Gasteiger partial charge in [-0.15, -0.1) is 0 Å². The first kappa shape index (κ1) is 9.74. The number of hydrogen-bond donors (Lipinski definition) is 0. The third-order valence-electron chi connectivity index (χ3n) is 2.10. The Morgan fingerprint density at radius 2 is 2.07 bits per heavy atom.